The number of aromatic nitrogens is 2. The molecule has 20 heavy (non-hydrogen) atoms. The summed E-state index contributed by atoms with van der Waals surface area (Å²) in [5.74, 6) is -0.869. The summed E-state index contributed by atoms with van der Waals surface area (Å²) in [7, 11) is 0. The van der Waals surface area contributed by atoms with Crippen LogP contribution < -0.4 is 0 Å². The monoisotopic (exact) mass is 269 g/mol. The van der Waals surface area contributed by atoms with E-state index in [1.807, 2.05) is 26.0 Å². The standard InChI is InChI=1S/C15H15N3O2/c1-9-6-13(5-4-12(9)8-16)18-11(3)14(7-15(19)20)10(2)17-18/h4-6H,7H2,1-3H3,(H,19,20). The Morgan fingerprint density at radius 2 is 2.10 bits per heavy atom. The van der Waals surface area contributed by atoms with Gasteiger partial charge in [0, 0.05) is 11.3 Å². The highest BCUT2D eigenvalue weighted by Crippen LogP contribution is 2.20. The van der Waals surface area contributed by atoms with Crippen molar-refractivity contribution in [1.29, 1.82) is 5.26 Å². The summed E-state index contributed by atoms with van der Waals surface area (Å²) in [6.45, 7) is 5.52. The summed E-state index contributed by atoms with van der Waals surface area (Å²) in [6.07, 6.45) is -0.0348. The number of carboxylic acids is 1. The molecule has 1 heterocycles. The number of hydrogen-bond donors (Lipinski definition) is 1. The van der Waals surface area contributed by atoms with Gasteiger partial charge in [-0.15, -0.1) is 0 Å². The van der Waals surface area contributed by atoms with Crippen molar-refractivity contribution in [2.45, 2.75) is 27.2 Å². The zero-order chi connectivity index (χ0) is 14.9. The Morgan fingerprint density at radius 1 is 1.40 bits per heavy atom. The van der Waals surface area contributed by atoms with Gasteiger partial charge >= 0.3 is 5.97 Å². The molecule has 1 aromatic carbocycles. The van der Waals surface area contributed by atoms with Gasteiger partial charge in [-0.05, 0) is 44.5 Å². The number of aliphatic carboxylic acids is 1. The van der Waals surface area contributed by atoms with Crippen LogP contribution in [0.1, 0.15) is 28.1 Å². The number of hydrogen-bond acceptors (Lipinski definition) is 3. The van der Waals surface area contributed by atoms with E-state index in [1.165, 1.54) is 0 Å². The van der Waals surface area contributed by atoms with E-state index >= 15 is 0 Å². The highest BCUT2D eigenvalue weighted by atomic mass is 16.4. The lowest BCUT2D eigenvalue weighted by molar-refractivity contribution is -0.136. The van der Waals surface area contributed by atoms with Gasteiger partial charge in [0.15, 0.2) is 0 Å². The predicted molar refractivity (Wildman–Crippen MR) is 73.8 cm³/mol. The Balaban J connectivity index is 2.51. The van der Waals surface area contributed by atoms with Gasteiger partial charge in [0.05, 0.1) is 29.4 Å². The Kier molecular flexibility index (Phi) is 3.57. The molecule has 0 saturated carbocycles. The Bertz CT molecular complexity index is 723. The van der Waals surface area contributed by atoms with Crippen LogP contribution in [0, 0.1) is 32.1 Å². The number of rotatable bonds is 3. The molecule has 0 saturated heterocycles. The molecule has 0 aliphatic heterocycles. The van der Waals surface area contributed by atoms with E-state index in [9.17, 15) is 4.79 Å². The summed E-state index contributed by atoms with van der Waals surface area (Å²) in [6, 6.07) is 7.56. The number of benzene rings is 1. The second-order valence-corrected chi connectivity index (χ2v) is 4.74. The van der Waals surface area contributed by atoms with E-state index < -0.39 is 5.97 Å². The van der Waals surface area contributed by atoms with E-state index in [0.29, 0.717) is 11.3 Å². The van der Waals surface area contributed by atoms with Gasteiger partial charge < -0.3 is 5.11 Å². The van der Waals surface area contributed by atoms with Crippen molar-refractivity contribution in [2.24, 2.45) is 0 Å². The van der Waals surface area contributed by atoms with Crippen LogP contribution in [-0.2, 0) is 11.2 Å². The van der Waals surface area contributed by atoms with E-state index in [0.717, 1.165) is 22.5 Å². The van der Waals surface area contributed by atoms with Crippen LogP contribution in [0.3, 0.4) is 0 Å². The maximum atomic E-state index is 10.9. The first-order valence-electron chi connectivity index (χ1n) is 6.22. The minimum Gasteiger partial charge on any atom is -0.481 e. The van der Waals surface area contributed by atoms with Crippen LogP contribution in [-0.4, -0.2) is 20.9 Å². The molecule has 0 aliphatic rings. The Hall–Kier alpha value is -2.61. The molecule has 5 nitrogen and oxygen atoms in total. The largest absolute Gasteiger partial charge is 0.481 e. The molecule has 2 rings (SSSR count). The average molecular weight is 269 g/mol. The molecule has 5 heteroatoms. The second kappa shape index (κ2) is 5.17. The average Bonchev–Trinajstić information content (AvgIpc) is 2.66. The van der Waals surface area contributed by atoms with E-state index in [-0.39, 0.29) is 6.42 Å². The fourth-order valence-corrected chi connectivity index (χ4v) is 2.24. The highest BCUT2D eigenvalue weighted by molar-refractivity contribution is 5.71. The van der Waals surface area contributed by atoms with Crippen LogP contribution in [0.2, 0.25) is 0 Å². The van der Waals surface area contributed by atoms with Gasteiger partial charge in [-0.1, -0.05) is 0 Å². The molecule has 1 N–H and O–H groups in total. The van der Waals surface area contributed by atoms with E-state index in [1.54, 1.807) is 17.7 Å². The van der Waals surface area contributed by atoms with Crippen molar-refractivity contribution < 1.29 is 9.90 Å². The van der Waals surface area contributed by atoms with Crippen LogP contribution in [0.15, 0.2) is 18.2 Å². The Morgan fingerprint density at radius 3 is 2.65 bits per heavy atom. The number of nitrogens with zero attached hydrogens (tertiary/aromatic N) is 3. The van der Waals surface area contributed by atoms with Crippen molar-refractivity contribution >= 4 is 5.97 Å². The molecule has 0 spiro atoms. The molecule has 0 unspecified atom stereocenters. The number of carbonyl (C=O) groups is 1. The molecule has 102 valence electrons. The minimum atomic E-state index is -0.869. The number of carboxylic acid groups (broad SMARTS) is 1. The number of nitriles is 1. The lowest BCUT2D eigenvalue weighted by Gasteiger charge is -2.07. The normalized spacial score (nSPS) is 10.3. The van der Waals surface area contributed by atoms with Crippen LogP contribution >= 0.6 is 0 Å². The zero-order valence-corrected chi connectivity index (χ0v) is 11.6. The molecule has 0 radical (unpaired) electrons. The molecule has 0 atom stereocenters. The minimum absolute atomic E-state index is 0.0348. The first-order valence-corrected chi connectivity index (χ1v) is 6.22. The predicted octanol–water partition coefficient (Wildman–Crippen LogP) is 2.30. The zero-order valence-electron chi connectivity index (χ0n) is 11.6. The summed E-state index contributed by atoms with van der Waals surface area (Å²) in [5.41, 5.74) is 4.59. The summed E-state index contributed by atoms with van der Waals surface area (Å²) in [5, 5.41) is 22.3. The fraction of sp³-hybridized carbons (Fsp3) is 0.267. The fourth-order valence-electron chi connectivity index (χ4n) is 2.24. The van der Waals surface area contributed by atoms with Crippen molar-refractivity contribution in [3.8, 4) is 11.8 Å². The van der Waals surface area contributed by atoms with Crippen molar-refractivity contribution in [2.75, 3.05) is 0 Å². The first kappa shape index (κ1) is 13.8. The lowest BCUT2D eigenvalue weighted by Crippen LogP contribution is -2.04. The topological polar surface area (TPSA) is 78.9 Å². The van der Waals surface area contributed by atoms with Crippen LogP contribution in [0.25, 0.3) is 5.69 Å². The summed E-state index contributed by atoms with van der Waals surface area (Å²) in [4.78, 5) is 10.9. The summed E-state index contributed by atoms with van der Waals surface area (Å²) < 4.78 is 1.72. The highest BCUT2D eigenvalue weighted by Gasteiger charge is 2.15. The molecule has 1 aromatic heterocycles. The first-order chi connectivity index (χ1) is 9.43. The van der Waals surface area contributed by atoms with Crippen LogP contribution in [0.4, 0.5) is 0 Å². The van der Waals surface area contributed by atoms with Gasteiger partial charge in [0.2, 0.25) is 0 Å². The Labute approximate surface area is 117 Å². The van der Waals surface area contributed by atoms with Crippen molar-refractivity contribution in [3.63, 3.8) is 0 Å². The molecule has 0 fully saturated rings. The SMILES string of the molecule is Cc1cc(-n2nc(C)c(CC(=O)O)c2C)ccc1C#N. The smallest absolute Gasteiger partial charge is 0.307 e. The third kappa shape index (κ3) is 2.41. The van der Waals surface area contributed by atoms with Crippen molar-refractivity contribution in [1.82, 2.24) is 9.78 Å². The molecular formula is C15H15N3O2. The lowest BCUT2D eigenvalue weighted by atomic mass is 10.1. The van der Waals surface area contributed by atoms with Gasteiger partial charge in [0.25, 0.3) is 0 Å². The summed E-state index contributed by atoms with van der Waals surface area (Å²) >= 11 is 0. The second-order valence-electron chi connectivity index (χ2n) is 4.74. The molecule has 0 aliphatic carbocycles. The van der Waals surface area contributed by atoms with E-state index in [2.05, 4.69) is 11.2 Å². The van der Waals surface area contributed by atoms with Crippen LogP contribution in [0.5, 0.6) is 0 Å². The molecule has 2 aromatic rings. The third-order valence-corrected chi connectivity index (χ3v) is 3.34. The number of aryl methyl sites for hydroxylation is 2. The molecule has 0 amide bonds. The van der Waals surface area contributed by atoms with Gasteiger partial charge in [0.1, 0.15) is 0 Å². The van der Waals surface area contributed by atoms with Gasteiger partial charge in [-0.2, -0.15) is 10.4 Å². The maximum absolute atomic E-state index is 10.9. The van der Waals surface area contributed by atoms with Crippen molar-refractivity contribution in [3.05, 3.63) is 46.3 Å². The molecular weight excluding hydrogens is 254 g/mol. The maximum Gasteiger partial charge on any atom is 0.307 e. The molecule has 0 bridgehead atoms. The quantitative estimate of drug-likeness (QED) is 0.927. The van der Waals surface area contributed by atoms with Gasteiger partial charge in [-0.25, -0.2) is 4.68 Å². The third-order valence-electron chi connectivity index (χ3n) is 3.34. The van der Waals surface area contributed by atoms with Gasteiger partial charge in [-0.3, -0.25) is 4.79 Å². The van der Waals surface area contributed by atoms with E-state index in [4.69, 9.17) is 10.4 Å².